The smallest absolute Gasteiger partial charge is 0.308 e. The summed E-state index contributed by atoms with van der Waals surface area (Å²) in [4.78, 5) is 13.6. The van der Waals surface area contributed by atoms with Crippen LogP contribution in [-0.4, -0.2) is 47.8 Å². The SMILES string of the molecule is CCOc1ccc(OCCN2C3CCC2C(C(=O)O)C3)cc1. The Bertz CT molecular complexity index is 516. The molecule has 120 valence electrons. The van der Waals surface area contributed by atoms with Gasteiger partial charge in [-0.25, -0.2) is 0 Å². The van der Waals surface area contributed by atoms with Gasteiger partial charge in [0.15, 0.2) is 0 Å². The first-order valence-corrected chi connectivity index (χ1v) is 8.03. The number of hydrogen-bond acceptors (Lipinski definition) is 4. The van der Waals surface area contributed by atoms with Crippen molar-refractivity contribution in [3.8, 4) is 11.5 Å². The Labute approximate surface area is 130 Å². The number of carboxylic acids is 1. The zero-order chi connectivity index (χ0) is 15.5. The first-order chi connectivity index (χ1) is 10.7. The normalized spacial score (nSPS) is 27.0. The monoisotopic (exact) mass is 305 g/mol. The van der Waals surface area contributed by atoms with Crippen molar-refractivity contribution in [2.24, 2.45) is 5.92 Å². The summed E-state index contributed by atoms with van der Waals surface area (Å²) in [6, 6.07) is 8.24. The third-order valence-corrected chi connectivity index (χ3v) is 4.75. The molecule has 0 aromatic heterocycles. The van der Waals surface area contributed by atoms with Crippen LogP contribution in [0.25, 0.3) is 0 Å². The molecule has 1 N–H and O–H groups in total. The van der Waals surface area contributed by atoms with Gasteiger partial charge in [0.1, 0.15) is 18.1 Å². The number of carboxylic acid groups (broad SMARTS) is 1. The summed E-state index contributed by atoms with van der Waals surface area (Å²) in [6.07, 6.45) is 2.92. The fraction of sp³-hybridized carbons (Fsp3) is 0.588. The highest BCUT2D eigenvalue weighted by molar-refractivity contribution is 5.71. The van der Waals surface area contributed by atoms with Crippen LogP contribution in [0.5, 0.6) is 11.5 Å². The minimum Gasteiger partial charge on any atom is -0.494 e. The second-order valence-corrected chi connectivity index (χ2v) is 5.97. The van der Waals surface area contributed by atoms with Gasteiger partial charge < -0.3 is 14.6 Å². The van der Waals surface area contributed by atoms with E-state index in [1.165, 1.54) is 0 Å². The van der Waals surface area contributed by atoms with Gasteiger partial charge in [-0.1, -0.05) is 0 Å². The topological polar surface area (TPSA) is 59.0 Å². The van der Waals surface area contributed by atoms with E-state index in [0.717, 1.165) is 37.3 Å². The first kappa shape index (κ1) is 15.2. The zero-order valence-electron chi connectivity index (χ0n) is 12.9. The lowest BCUT2D eigenvalue weighted by atomic mass is 9.89. The van der Waals surface area contributed by atoms with E-state index in [0.29, 0.717) is 19.3 Å². The van der Waals surface area contributed by atoms with Crippen LogP contribution in [0.1, 0.15) is 26.2 Å². The minimum atomic E-state index is -0.648. The molecule has 22 heavy (non-hydrogen) atoms. The molecule has 2 fully saturated rings. The minimum absolute atomic E-state index is 0.191. The highest BCUT2D eigenvalue weighted by Gasteiger charge is 2.48. The molecule has 5 nitrogen and oxygen atoms in total. The van der Waals surface area contributed by atoms with E-state index in [-0.39, 0.29) is 12.0 Å². The molecule has 0 radical (unpaired) electrons. The van der Waals surface area contributed by atoms with Crippen LogP contribution in [-0.2, 0) is 4.79 Å². The largest absolute Gasteiger partial charge is 0.494 e. The Hall–Kier alpha value is -1.75. The van der Waals surface area contributed by atoms with E-state index in [9.17, 15) is 9.90 Å². The average Bonchev–Trinajstić information content (AvgIpc) is 3.07. The number of carbonyl (C=O) groups is 1. The summed E-state index contributed by atoms with van der Waals surface area (Å²) in [5.74, 6) is 0.829. The Balaban J connectivity index is 1.48. The maximum absolute atomic E-state index is 11.2. The lowest BCUT2D eigenvalue weighted by Gasteiger charge is -2.22. The average molecular weight is 305 g/mol. The highest BCUT2D eigenvalue weighted by Crippen LogP contribution is 2.41. The number of hydrogen-bond donors (Lipinski definition) is 1. The molecule has 5 heteroatoms. The van der Waals surface area contributed by atoms with Crippen molar-refractivity contribution in [1.82, 2.24) is 4.90 Å². The molecule has 2 bridgehead atoms. The summed E-state index contributed by atoms with van der Waals surface area (Å²) in [5.41, 5.74) is 0. The summed E-state index contributed by atoms with van der Waals surface area (Å²) >= 11 is 0. The Morgan fingerprint density at radius 3 is 2.50 bits per heavy atom. The van der Waals surface area contributed by atoms with Gasteiger partial charge in [-0.3, -0.25) is 9.69 Å². The van der Waals surface area contributed by atoms with Gasteiger partial charge in [0.05, 0.1) is 12.5 Å². The molecule has 3 atom stereocenters. The van der Waals surface area contributed by atoms with Crippen molar-refractivity contribution < 1.29 is 19.4 Å². The number of nitrogens with zero attached hydrogens (tertiary/aromatic N) is 1. The van der Waals surface area contributed by atoms with Gasteiger partial charge in [-0.15, -0.1) is 0 Å². The van der Waals surface area contributed by atoms with Crippen LogP contribution in [0, 0.1) is 5.92 Å². The van der Waals surface area contributed by atoms with E-state index in [1.54, 1.807) is 0 Å². The molecule has 2 heterocycles. The Morgan fingerprint density at radius 1 is 1.23 bits per heavy atom. The van der Waals surface area contributed by atoms with E-state index in [4.69, 9.17) is 9.47 Å². The van der Waals surface area contributed by atoms with Crippen LogP contribution in [0.15, 0.2) is 24.3 Å². The molecule has 3 unspecified atom stereocenters. The second kappa shape index (κ2) is 6.57. The standard InChI is InChI=1S/C17H23NO4/c1-2-21-13-4-6-14(7-5-13)22-10-9-18-12-3-8-16(18)15(11-12)17(19)20/h4-7,12,15-16H,2-3,8-11H2,1H3,(H,19,20). The molecule has 1 aromatic carbocycles. The van der Waals surface area contributed by atoms with Gasteiger partial charge >= 0.3 is 5.97 Å². The van der Waals surface area contributed by atoms with E-state index < -0.39 is 5.97 Å². The molecule has 0 saturated carbocycles. The highest BCUT2D eigenvalue weighted by atomic mass is 16.5. The van der Waals surface area contributed by atoms with Gasteiger partial charge in [-0.05, 0) is 50.5 Å². The molecule has 0 spiro atoms. The number of fused-ring (bicyclic) bond motifs is 2. The van der Waals surface area contributed by atoms with Crippen LogP contribution >= 0.6 is 0 Å². The van der Waals surface area contributed by atoms with Crippen LogP contribution in [0.2, 0.25) is 0 Å². The van der Waals surface area contributed by atoms with Gasteiger partial charge in [0.2, 0.25) is 0 Å². The second-order valence-electron chi connectivity index (χ2n) is 5.97. The van der Waals surface area contributed by atoms with Crippen molar-refractivity contribution in [3.05, 3.63) is 24.3 Å². The van der Waals surface area contributed by atoms with Crippen molar-refractivity contribution in [1.29, 1.82) is 0 Å². The fourth-order valence-corrected chi connectivity index (χ4v) is 3.78. The van der Waals surface area contributed by atoms with Crippen LogP contribution in [0.4, 0.5) is 0 Å². The van der Waals surface area contributed by atoms with Crippen LogP contribution < -0.4 is 9.47 Å². The lowest BCUT2D eigenvalue weighted by Crippen LogP contribution is -2.35. The number of ether oxygens (including phenoxy) is 2. The summed E-state index contributed by atoms with van der Waals surface area (Å²) < 4.78 is 11.2. The predicted molar refractivity (Wildman–Crippen MR) is 82.4 cm³/mol. The van der Waals surface area contributed by atoms with Crippen molar-refractivity contribution in [3.63, 3.8) is 0 Å². The molecule has 2 aliphatic heterocycles. The lowest BCUT2D eigenvalue weighted by molar-refractivity contribution is -0.142. The Morgan fingerprint density at radius 2 is 1.91 bits per heavy atom. The van der Waals surface area contributed by atoms with Crippen molar-refractivity contribution in [2.45, 2.75) is 38.3 Å². The van der Waals surface area contributed by atoms with Gasteiger partial charge in [0.25, 0.3) is 0 Å². The summed E-state index contributed by atoms with van der Waals surface area (Å²) in [5, 5.41) is 9.26. The predicted octanol–water partition coefficient (Wildman–Crippen LogP) is 2.40. The van der Waals surface area contributed by atoms with Gasteiger partial charge in [0, 0.05) is 18.6 Å². The molecule has 3 rings (SSSR count). The van der Waals surface area contributed by atoms with E-state index in [2.05, 4.69) is 4.90 Å². The van der Waals surface area contributed by atoms with Crippen molar-refractivity contribution in [2.75, 3.05) is 19.8 Å². The fourth-order valence-electron chi connectivity index (χ4n) is 3.78. The number of benzene rings is 1. The third kappa shape index (κ3) is 3.04. The molecular formula is C17H23NO4. The van der Waals surface area contributed by atoms with E-state index >= 15 is 0 Å². The maximum Gasteiger partial charge on any atom is 0.308 e. The molecule has 2 aliphatic rings. The third-order valence-electron chi connectivity index (χ3n) is 4.75. The first-order valence-electron chi connectivity index (χ1n) is 8.03. The molecule has 0 aliphatic carbocycles. The quantitative estimate of drug-likeness (QED) is 0.838. The zero-order valence-corrected chi connectivity index (χ0v) is 12.9. The van der Waals surface area contributed by atoms with E-state index in [1.807, 2.05) is 31.2 Å². The molecular weight excluding hydrogens is 282 g/mol. The Kier molecular flexibility index (Phi) is 4.52. The molecule has 1 aromatic rings. The maximum atomic E-state index is 11.2. The van der Waals surface area contributed by atoms with Crippen LogP contribution in [0.3, 0.4) is 0 Å². The molecule has 0 amide bonds. The van der Waals surface area contributed by atoms with Gasteiger partial charge in [-0.2, -0.15) is 0 Å². The number of rotatable bonds is 7. The summed E-state index contributed by atoms with van der Waals surface area (Å²) in [6.45, 7) is 4.00. The molecule has 2 saturated heterocycles. The van der Waals surface area contributed by atoms with Crippen molar-refractivity contribution >= 4 is 5.97 Å². The summed E-state index contributed by atoms with van der Waals surface area (Å²) in [7, 11) is 0. The number of aliphatic carboxylic acids is 1.